The fraction of sp³-hybridized carbons (Fsp3) is 0.125. The zero-order chi connectivity index (χ0) is 16.8. The van der Waals surface area contributed by atoms with Crippen LogP contribution in [0.25, 0.3) is 0 Å². The summed E-state index contributed by atoms with van der Waals surface area (Å²) >= 11 is 16.8. The predicted molar refractivity (Wildman–Crippen MR) is 99.4 cm³/mol. The van der Waals surface area contributed by atoms with Crippen LogP contribution in [0.15, 0.2) is 47.6 Å². The van der Waals surface area contributed by atoms with Crippen molar-refractivity contribution < 1.29 is 5.11 Å². The van der Waals surface area contributed by atoms with Gasteiger partial charge in [0.15, 0.2) is 5.11 Å². The van der Waals surface area contributed by atoms with Crippen LogP contribution >= 0.6 is 35.4 Å². The summed E-state index contributed by atoms with van der Waals surface area (Å²) in [5.41, 5.74) is 7.23. The Morgan fingerprint density at radius 1 is 1.26 bits per heavy atom. The maximum atomic E-state index is 9.92. The lowest BCUT2D eigenvalue weighted by atomic mass is 10.1. The molecule has 2 aromatic carbocycles. The zero-order valence-corrected chi connectivity index (χ0v) is 14.4. The number of nitrogens with two attached hydrogens (primary N) is 1. The topological polar surface area (TPSA) is 61.8 Å². The highest BCUT2D eigenvalue weighted by atomic mass is 35.5. The van der Waals surface area contributed by atoms with Gasteiger partial charge in [-0.15, -0.1) is 0 Å². The molecular formula is C16H15Cl2N3OS. The molecule has 0 aliphatic carbocycles. The van der Waals surface area contributed by atoms with Gasteiger partial charge in [-0.3, -0.25) is 0 Å². The summed E-state index contributed by atoms with van der Waals surface area (Å²) in [7, 11) is 0. The lowest BCUT2D eigenvalue weighted by molar-refractivity contribution is 0.453. The quantitative estimate of drug-likeness (QED) is 0.479. The largest absolute Gasteiger partial charge is 0.506 e. The van der Waals surface area contributed by atoms with Crippen LogP contribution in [0.5, 0.6) is 5.75 Å². The molecule has 120 valence electrons. The molecule has 0 aliphatic rings. The summed E-state index contributed by atoms with van der Waals surface area (Å²) in [6.45, 7) is 0.519. The van der Waals surface area contributed by atoms with Crippen LogP contribution < -0.4 is 5.73 Å². The van der Waals surface area contributed by atoms with Gasteiger partial charge in [0.25, 0.3) is 0 Å². The fourth-order valence-corrected chi connectivity index (χ4v) is 2.57. The Labute approximate surface area is 150 Å². The second kappa shape index (κ2) is 8.15. The Bertz CT molecular complexity index is 723. The minimum Gasteiger partial charge on any atom is -0.506 e. The van der Waals surface area contributed by atoms with Crippen molar-refractivity contribution in [1.29, 1.82) is 0 Å². The van der Waals surface area contributed by atoms with Crippen LogP contribution in [0.2, 0.25) is 10.0 Å². The molecule has 0 amide bonds. The number of benzene rings is 2. The number of nitrogens with zero attached hydrogens (tertiary/aromatic N) is 2. The molecule has 7 heteroatoms. The summed E-state index contributed by atoms with van der Waals surface area (Å²) in [4.78, 5) is 0. The lowest BCUT2D eigenvalue weighted by Crippen LogP contribution is -2.32. The first kappa shape index (κ1) is 17.5. The lowest BCUT2D eigenvalue weighted by Gasteiger charge is -2.16. The van der Waals surface area contributed by atoms with E-state index in [-0.39, 0.29) is 15.9 Å². The van der Waals surface area contributed by atoms with E-state index in [1.165, 1.54) is 17.3 Å². The first-order chi connectivity index (χ1) is 11.0. The van der Waals surface area contributed by atoms with E-state index in [0.29, 0.717) is 17.1 Å². The number of hydrogen-bond donors (Lipinski definition) is 2. The molecule has 0 heterocycles. The molecular weight excluding hydrogens is 353 g/mol. The molecule has 0 atom stereocenters. The summed E-state index contributed by atoms with van der Waals surface area (Å²) in [5.74, 6) is -0.0919. The molecule has 3 N–H and O–H groups in total. The third-order valence-corrected chi connectivity index (χ3v) is 3.82. The second-order valence-electron chi connectivity index (χ2n) is 4.77. The molecule has 2 aromatic rings. The van der Waals surface area contributed by atoms with Gasteiger partial charge in [-0.05, 0) is 36.3 Å². The number of halogens is 2. The van der Waals surface area contributed by atoms with Crippen molar-refractivity contribution in [2.24, 2.45) is 10.8 Å². The average molecular weight is 368 g/mol. The summed E-state index contributed by atoms with van der Waals surface area (Å²) in [5, 5.41) is 16.3. The monoisotopic (exact) mass is 367 g/mol. The van der Waals surface area contributed by atoms with Crippen LogP contribution in [0, 0.1) is 0 Å². The highest BCUT2D eigenvalue weighted by molar-refractivity contribution is 7.80. The molecule has 0 bridgehead atoms. The average Bonchev–Trinajstić information content (AvgIpc) is 2.52. The van der Waals surface area contributed by atoms with Crippen LogP contribution in [0.4, 0.5) is 0 Å². The zero-order valence-electron chi connectivity index (χ0n) is 12.1. The second-order valence-corrected chi connectivity index (χ2v) is 6.03. The Morgan fingerprint density at radius 3 is 2.61 bits per heavy atom. The van der Waals surface area contributed by atoms with E-state index in [9.17, 15) is 5.11 Å². The van der Waals surface area contributed by atoms with Gasteiger partial charge in [0.05, 0.1) is 11.2 Å². The highest BCUT2D eigenvalue weighted by Crippen LogP contribution is 2.30. The summed E-state index contributed by atoms with van der Waals surface area (Å²) < 4.78 is 0. The van der Waals surface area contributed by atoms with E-state index in [4.69, 9.17) is 41.2 Å². The van der Waals surface area contributed by atoms with Gasteiger partial charge in [-0.25, -0.2) is 5.01 Å². The Morgan fingerprint density at radius 2 is 1.96 bits per heavy atom. The smallest absolute Gasteiger partial charge is 0.186 e. The minimum atomic E-state index is -0.0919. The minimum absolute atomic E-state index is 0.0919. The standard InChI is InChI=1S/C16H15Cl2N3OS/c17-13-8-12(15(22)14(18)9-13)10-20-21(16(19)23)7-6-11-4-2-1-3-5-11/h1-5,8-10,22H,6-7H2,(H2,19,23)/b20-10+. The van der Waals surface area contributed by atoms with Crippen molar-refractivity contribution in [3.8, 4) is 5.75 Å². The predicted octanol–water partition coefficient (Wildman–Crippen LogP) is 3.82. The first-order valence-electron chi connectivity index (χ1n) is 6.80. The van der Waals surface area contributed by atoms with Crippen LogP contribution in [-0.2, 0) is 6.42 Å². The SMILES string of the molecule is NC(=S)N(CCc1ccccc1)/N=C/c1cc(Cl)cc(Cl)c1O. The van der Waals surface area contributed by atoms with Gasteiger partial charge in [0.2, 0.25) is 0 Å². The van der Waals surface area contributed by atoms with Gasteiger partial charge in [-0.2, -0.15) is 5.10 Å². The number of aromatic hydroxyl groups is 1. The van der Waals surface area contributed by atoms with E-state index >= 15 is 0 Å². The Balaban J connectivity index is 2.12. The van der Waals surface area contributed by atoms with Crippen molar-refractivity contribution in [2.75, 3.05) is 6.54 Å². The van der Waals surface area contributed by atoms with Gasteiger partial charge in [0, 0.05) is 17.1 Å². The normalized spacial score (nSPS) is 10.9. The van der Waals surface area contributed by atoms with Crippen molar-refractivity contribution in [1.82, 2.24) is 5.01 Å². The van der Waals surface area contributed by atoms with Crippen molar-refractivity contribution in [3.05, 3.63) is 63.6 Å². The van der Waals surface area contributed by atoms with Gasteiger partial charge in [-0.1, -0.05) is 53.5 Å². The van der Waals surface area contributed by atoms with E-state index in [0.717, 1.165) is 12.0 Å². The van der Waals surface area contributed by atoms with Crippen LogP contribution in [0.1, 0.15) is 11.1 Å². The number of rotatable bonds is 5. The van der Waals surface area contributed by atoms with Crippen molar-refractivity contribution >= 4 is 46.7 Å². The molecule has 0 fully saturated rings. The third kappa shape index (κ3) is 5.10. The summed E-state index contributed by atoms with van der Waals surface area (Å²) in [6, 6.07) is 12.9. The molecule has 0 radical (unpaired) electrons. The number of phenolic OH excluding ortho intramolecular Hbond substituents is 1. The van der Waals surface area contributed by atoms with E-state index in [1.54, 1.807) is 6.07 Å². The maximum Gasteiger partial charge on any atom is 0.186 e. The molecule has 0 saturated heterocycles. The van der Waals surface area contributed by atoms with E-state index in [1.807, 2.05) is 30.3 Å². The van der Waals surface area contributed by atoms with Gasteiger partial charge < -0.3 is 10.8 Å². The number of hydrazone groups is 1. The Hall–Kier alpha value is -1.82. The molecule has 0 aromatic heterocycles. The summed E-state index contributed by atoms with van der Waals surface area (Å²) in [6.07, 6.45) is 2.16. The third-order valence-electron chi connectivity index (χ3n) is 3.10. The Kier molecular flexibility index (Phi) is 6.21. The molecule has 0 unspecified atom stereocenters. The number of hydrogen-bond acceptors (Lipinski definition) is 3. The highest BCUT2D eigenvalue weighted by Gasteiger charge is 2.08. The maximum absolute atomic E-state index is 9.92. The number of phenols is 1. The number of thiocarbonyl (C=S) groups is 1. The van der Waals surface area contributed by atoms with E-state index < -0.39 is 0 Å². The van der Waals surface area contributed by atoms with Crippen molar-refractivity contribution in [2.45, 2.75) is 6.42 Å². The molecule has 23 heavy (non-hydrogen) atoms. The molecule has 0 spiro atoms. The molecule has 0 aliphatic heterocycles. The van der Waals surface area contributed by atoms with E-state index in [2.05, 4.69) is 5.10 Å². The molecule has 0 saturated carbocycles. The van der Waals surface area contributed by atoms with Crippen molar-refractivity contribution in [3.63, 3.8) is 0 Å². The van der Waals surface area contributed by atoms with Gasteiger partial charge >= 0.3 is 0 Å². The van der Waals surface area contributed by atoms with Gasteiger partial charge in [0.1, 0.15) is 5.75 Å². The van der Waals surface area contributed by atoms with Crippen LogP contribution in [-0.4, -0.2) is 28.0 Å². The molecule has 2 rings (SSSR count). The fourth-order valence-electron chi connectivity index (χ4n) is 1.92. The first-order valence-corrected chi connectivity index (χ1v) is 7.96. The molecule has 4 nitrogen and oxygen atoms in total. The van der Waals surface area contributed by atoms with Crippen LogP contribution in [0.3, 0.4) is 0 Å².